The van der Waals surface area contributed by atoms with Gasteiger partial charge in [-0.05, 0) is 31.2 Å². The highest BCUT2D eigenvalue weighted by Crippen LogP contribution is 2.41. The number of carbonyl (C=O) groups excluding carboxylic acids is 2. The lowest BCUT2D eigenvalue weighted by molar-refractivity contribution is -0.125. The standard InChI is InChI=1S/C18H15N3O3S/c1-11-15(17(23)20-12-6-3-2-4-7-12)16(13-8-5-9-24-13)21-14(22)10-25-18(21)19-11/h2-9,16H,10H2,1H3,(H,20,23). The molecule has 0 saturated carbocycles. The topological polar surface area (TPSA) is 74.9 Å². The van der Waals surface area contributed by atoms with Gasteiger partial charge in [-0.1, -0.05) is 30.0 Å². The predicted molar refractivity (Wildman–Crippen MR) is 96.0 cm³/mol. The summed E-state index contributed by atoms with van der Waals surface area (Å²) in [5.74, 6) is 0.484. The fourth-order valence-electron chi connectivity index (χ4n) is 2.97. The van der Waals surface area contributed by atoms with Crippen molar-refractivity contribution in [3.63, 3.8) is 0 Å². The second-order valence-electron chi connectivity index (χ2n) is 5.68. The lowest BCUT2D eigenvalue weighted by Gasteiger charge is -2.31. The maximum absolute atomic E-state index is 13.0. The number of para-hydroxylation sites is 1. The van der Waals surface area contributed by atoms with Crippen molar-refractivity contribution in [3.8, 4) is 0 Å². The van der Waals surface area contributed by atoms with Crippen LogP contribution in [-0.2, 0) is 9.59 Å². The molecule has 1 aromatic heterocycles. The number of carbonyl (C=O) groups is 2. The molecule has 3 heterocycles. The number of aliphatic imine (C=N–C) groups is 1. The highest BCUT2D eigenvalue weighted by atomic mass is 32.2. The average molecular weight is 353 g/mol. The van der Waals surface area contributed by atoms with Crippen LogP contribution in [0.15, 0.2) is 69.4 Å². The number of nitrogens with zero attached hydrogens (tertiary/aromatic N) is 2. The Morgan fingerprint density at radius 2 is 2.08 bits per heavy atom. The summed E-state index contributed by atoms with van der Waals surface area (Å²) in [5, 5.41) is 3.49. The molecular formula is C18H15N3O3S. The van der Waals surface area contributed by atoms with Gasteiger partial charge in [0.1, 0.15) is 11.8 Å². The van der Waals surface area contributed by atoms with E-state index in [1.807, 2.05) is 30.3 Å². The molecule has 126 valence electrons. The van der Waals surface area contributed by atoms with Gasteiger partial charge < -0.3 is 9.73 Å². The lowest BCUT2D eigenvalue weighted by Crippen LogP contribution is -2.40. The quantitative estimate of drug-likeness (QED) is 0.920. The van der Waals surface area contributed by atoms with Gasteiger partial charge in [0, 0.05) is 5.69 Å². The first-order chi connectivity index (χ1) is 12.1. The summed E-state index contributed by atoms with van der Waals surface area (Å²) >= 11 is 1.38. The number of furan rings is 1. The van der Waals surface area contributed by atoms with Gasteiger partial charge in [0.15, 0.2) is 5.17 Å². The van der Waals surface area contributed by atoms with Gasteiger partial charge in [0.05, 0.1) is 23.3 Å². The van der Waals surface area contributed by atoms with Crippen LogP contribution in [0.5, 0.6) is 0 Å². The van der Waals surface area contributed by atoms with Crippen LogP contribution in [0.3, 0.4) is 0 Å². The van der Waals surface area contributed by atoms with Crippen LogP contribution in [0.1, 0.15) is 18.7 Å². The molecule has 1 unspecified atom stereocenters. The minimum atomic E-state index is -0.603. The molecule has 2 amide bonds. The highest BCUT2D eigenvalue weighted by Gasteiger charge is 2.44. The van der Waals surface area contributed by atoms with Crippen molar-refractivity contribution >= 4 is 34.4 Å². The Morgan fingerprint density at radius 1 is 1.28 bits per heavy atom. The average Bonchev–Trinajstić information content (AvgIpc) is 3.25. The summed E-state index contributed by atoms with van der Waals surface area (Å²) in [5.41, 5.74) is 1.68. The molecule has 1 fully saturated rings. The Hall–Kier alpha value is -2.80. The molecule has 7 heteroatoms. The maximum atomic E-state index is 13.0. The number of rotatable bonds is 3. The van der Waals surface area contributed by atoms with Gasteiger partial charge in [-0.25, -0.2) is 4.99 Å². The summed E-state index contributed by atoms with van der Waals surface area (Å²) in [6, 6.07) is 12.1. The van der Waals surface area contributed by atoms with Gasteiger partial charge in [-0.3, -0.25) is 14.5 Å². The van der Waals surface area contributed by atoms with E-state index in [0.717, 1.165) is 0 Å². The summed E-state index contributed by atoms with van der Waals surface area (Å²) in [6.07, 6.45) is 1.54. The Kier molecular flexibility index (Phi) is 3.93. The first kappa shape index (κ1) is 15.7. The van der Waals surface area contributed by atoms with E-state index in [2.05, 4.69) is 10.3 Å². The van der Waals surface area contributed by atoms with Crippen LogP contribution in [0.4, 0.5) is 5.69 Å². The van der Waals surface area contributed by atoms with Crippen molar-refractivity contribution < 1.29 is 14.0 Å². The largest absolute Gasteiger partial charge is 0.467 e. The second kappa shape index (κ2) is 6.25. The van der Waals surface area contributed by atoms with E-state index >= 15 is 0 Å². The Labute approximate surface area is 148 Å². The van der Waals surface area contributed by atoms with Gasteiger partial charge in [-0.15, -0.1) is 0 Å². The number of hydrogen-bond donors (Lipinski definition) is 1. The molecule has 1 N–H and O–H groups in total. The van der Waals surface area contributed by atoms with E-state index in [4.69, 9.17) is 4.42 Å². The van der Waals surface area contributed by atoms with E-state index in [1.165, 1.54) is 18.0 Å². The van der Waals surface area contributed by atoms with Crippen molar-refractivity contribution in [1.29, 1.82) is 0 Å². The molecule has 2 aliphatic rings. The van der Waals surface area contributed by atoms with Gasteiger partial charge in [0.25, 0.3) is 5.91 Å². The van der Waals surface area contributed by atoms with Gasteiger partial charge >= 0.3 is 0 Å². The molecular weight excluding hydrogens is 338 g/mol. The molecule has 25 heavy (non-hydrogen) atoms. The van der Waals surface area contributed by atoms with Crippen molar-refractivity contribution in [1.82, 2.24) is 4.90 Å². The molecule has 0 spiro atoms. The van der Waals surface area contributed by atoms with Crippen LogP contribution in [0.25, 0.3) is 0 Å². The summed E-state index contributed by atoms with van der Waals surface area (Å²) < 4.78 is 5.54. The predicted octanol–water partition coefficient (Wildman–Crippen LogP) is 3.18. The zero-order valence-electron chi connectivity index (χ0n) is 13.4. The SMILES string of the molecule is CC1=C(C(=O)Nc2ccccc2)C(c2ccco2)N2C(=O)CSC2=N1. The molecule has 0 bridgehead atoms. The minimum absolute atomic E-state index is 0.0809. The fraction of sp³-hybridized carbons (Fsp3) is 0.167. The van der Waals surface area contributed by atoms with Crippen LogP contribution in [0, 0.1) is 0 Å². The summed E-state index contributed by atoms with van der Waals surface area (Å²) in [6.45, 7) is 1.78. The third kappa shape index (κ3) is 2.76. The first-order valence-electron chi connectivity index (χ1n) is 7.79. The minimum Gasteiger partial charge on any atom is -0.467 e. The van der Waals surface area contributed by atoms with Gasteiger partial charge in [-0.2, -0.15) is 0 Å². The van der Waals surface area contributed by atoms with Crippen molar-refractivity contribution in [2.75, 3.05) is 11.1 Å². The van der Waals surface area contributed by atoms with Crippen LogP contribution in [0.2, 0.25) is 0 Å². The molecule has 6 nitrogen and oxygen atoms in total. The Bertz CT molecular complexity index is 888. The number of hydrogen-bond acceptors (Lipinski definition) is 5. The molecule has 0 radical (unpaired) electrons. The molecule has 1 saturated heterocycles. The number of fused-ring (bicyclic) bond motifs is 1. The summed E-state index contributed by atoms with van der Waals surface area (Å²) in [4.78, 5) is 31.3. The number of amides is 2. The van der Waals surface area contributed by atoms with Gasteiger partial charge in [0.2, 0.25) is 5.91 Å². The monoisotopic (exact) mass is 353 g/mol. The molecule has 2 aliphatic heterocycles. The first-order valence-corrected chi connectivity index (χ1v) is 8.78. The van der Waals surface area contributed by atoms with E-state index in [9.17, 15) is 9.59 Å². The highest BCUT2D eigenvalue weighted by molar-refractivity contribution is 8.15. The Morgan fingerprint density at radius 3 is 2.80 bits per heavy atom. The van der Waals surface area contributed by atoms with E-state index in [0.29, 0.717) is 33.6 Å². The fourth-order valence-corrected chi connectivity index (χ4v) is 3.91. The zero-order valence-corrected chi connectivity index (χ0v) is 14.2. The molecule has 2 aromatic rings. The molecule has 4 rings (SSSR count). The zero-order chi connectivity index (χ0) is 17.4. The van der Waals surface area contributed by atoms with E-state index in [-0.39, 0.29) is 11.8 Å². The summed E-state index contributed by atoms with van der Waals surface area (Å²) in [7, 11) is 0. The molecule has 1 aromatic carbocycles. The lowest BCUT2D eigenvalue weighted by atomic mass is 9.98. The van der Waals surface area contributed by atoms with Crippen molar-refractivity contribution in [2.24, 2.45) is 4.99 Å². The van der Waals surface area contributed by atoms with Crippen molar-refractivity contribution in [2.45, 2.75) is 13.0 Å². The molecule has 1 atom stereocenters. The van der Waals surface area contributed by atoms with Crippen LogP contribution in [-0.4, -0.2) is 27.6 Å². The van der Waals surface area contributed by atoms with Crippen LogP contribution < -0.4 is 5.32 Å². The van der Waals surface area contributed by atoms with E-state index < -0.39 is 6.04 Å². The number of amidine groups is 1. The number of allylic oxidation sites excluding steroid dienone is 1. The normalized spacial score (nSPS) is 19.7. The third-order valence-corrected chi connectivity index (χ3v) is 5.01. The van der Waals surface area contributed by atoms with Crippen molar-refractivity contribution in [3.05, 3.63) is 65.8 Å². The second-order valence-corrected chi connectivity index (χ2v) is 6.63. The number of thioether (sulfide) groups is 1. The maximum Gasteiger partial charge on any atom is 0.256 e. The smallest absolute Gasteiger partial charge is 0.256 e. The van der Waals surface area contributed by atoms with E-state index in [1.54, 1.807) is 24.0 Å². The van der Waals surface area contributed by atoms with Crippen LogP contribution >= 0.6 is 11.8 Å². The number of nitrogens with one attached hydrogen (secondary N) is 1. The third-order valence-electron chi connectivity index (χ3n) is 4.07. The molecule has 0 aliphatic carbocycles. The number of anilines is 1. The number of benzene rings is 1. The Balaban J connectivity index is 1.76.